The van der Waals surface area contributed by atoms with Crippen LogP contribution in [0.5, 0.6) is 5.75 Å². The Hall–Kier alpha value is -1.52. The molecule has 0 saturated carbocycles. The van der Waals surface area contributed by atoms with Crippen LogP contribution in [0.4, 0.5) is 5.69 Å². The molecule has 0 heterocycles. The van der Waals surface area contributed by atoms with Crippen LogP contribution in [0.3, 0.4) is 0 Å². The van der Waals surface area contributed by atoms with E-state index in [9.17, 15) is 4.79 Å². The number of amides is 1. The molecule has 0 saturated heterocycles. The predicted octanol–water partition coefficient (Wildman–Crippen LogP) is 4.25. The Morgan fingerprint density at radius 1 is 1.20 bits per heavy atom. The van der Waals surface area contributed by atoms with E-state index in [2.05, 4.69) is 21.2 Å². The van der Waals surface area contributed by atoms with Crippen LogP contribution < -0.4 is 10.1 Å². The molecule has 1 N–H and O–H groups in total. The Kier molecular flexibility index (Phi) is 5.44. The summed E-state index contributed by atoms with van der Waals surface area (Å²) in [5.74, 6) is 0.360. The fourth-order valence-corrected chi connectivity index (χ4v) is 2.16. The van der Waals surface area contributed by atoms with Crippen molar-refractivity contribution in [2.45, 2.75) is 5.33 Å². The molecule has 0 unspecified atom stereocenters. The van der Waals surface area contributed by atoms with Gasteiger partial charge in [0, 0.05) is 16.0 Å². The highest BCUT2D eigenvalue weighted by Crippen LogP contribution is 2.17. The van der Waals surface area contributed by atoms with Gasteiger partial charge >= 0.3 is 0 Å². The smallest absolute Gasteiger partial charge is 0.262 e. The quantitative estimate of drug-likeness (QED) is 0.815. The van der Waals surface area contributed by atoms with Crippen LogP contribution in [-0.2, 0) is 10.1 Å². The number of benzene rings is 2. The zero-order chi connectivity index (χ0) is 14.4. The van der Waals surface area contributed by atoms with Crippen molar-refractivity contribution in [3.05, 3.63) is 59.1 Å². The number of hydrogen-bond acceptors (Lipinski definition) is 2. The normalized spacial score (nSPS) is 10.1. The van der Waals surface area contributed by atoms with E-state index in [1.807, 2.05) is 24.3 Å². The minimum Gasteiger partial charge on any atom is -0.484 e. The van der Waals surface area contributed by atoms with Gasteiger partial charge in [-0.25, -0.2) is 0 Å². The van der Waals surface area contributed by atoms with Crippen LogP contribution in [0, 0.1) is 0 Å². The second-order valence-electron chi connectivity index (χ2n) is 4.13. The molecule has 1 amide bonds. The van der Waals surface area contributed by atoms with Crippen molar-refractivity contribution in [1.82, 2.24) is 0 Å². The van der Waals surface area contributed by atoms with E-state index in [0.717, 1.165) is 16.6 Å². The number of ether oxygens (including phenoxy) is 1. The fourth-order valence-electron chi connectivity index (χ4n) is 1.63. The Labute approximate surface area is 131 Å². The number of carbonyl (C=O) groups is 1. The van der Waals surface area contributed by atoms with Gasteiger partial charge in [-0.3, -0.25) is 4.79 Å². The standard InChI is InChI=1S/C15H13BrClNO2/c16-9-11-3-1-5-13(7-11)18-15(19)10-20-14-6-2-4-12(17)8-14/h1-8H,9-10H2,(H,18,19). The summed E-state index contributed by atoms with van der Waals surface area (Å²) in [5, 5.41) is 4.11. The van der Waals surface area contributed by atoms with E-state index < -0.39 is 0 Å². The molecule has 3 nitrogen and oxygen atoms in total. The van der Waals surface area contributed by atoms with E-state index in [-0.39, 0.29) is 12.5 Å². The maximum atomic E-state index is 11.8. The number of carbonyl (C=O) groups excluding carboxylic acids is 1. The molecule has 0 aliphatic carbocycles. The molecular weight excluding hydrogens is 342 g/mol. The molecule has 20 heavy (non-hydrogen) atoms. The first-order valence-electron chi connectivity index (χ1n) is 6.00. The van der Waals surface area contributed by atoms with Gasteiger partial charge in [0.2, 0.25) is 0 Å². The molecular formula is C15H13BrClNO2. The Morgan fingerprint density at radius 3 is 2.75 bits per heavy atom. The summed E-state index contributed by atoms with van der Waals surface area (Å²) in [6.07, 6.45) is 0. The van der Waals surface area contributed by atoms with Crippen molar-refractivity contribution in [3.63, 3.8) is 0 Å². The highest BCUT2D eigenvalue weighted by Gasteiger charge is 2.04. The van der Waals surface area contributed by atoms with Gasteiger partial charge < -0.3 is 10.1 Å². The number of alkyl halides is 1. The molecule has 2 aromatic carbocycles. The van der Waals surface area contributed by atoms with Crippen molar-refractivity contribution >= 4 is 39.1 Å². The molecule has 2 aromatic rings. The van der Waals surface area contributed by atoms with Gasteiger partial charge in [-0.05, 0) is 35.9 Å². The number of anilines is 1. The lowest BCUT2D eigenvalue weighted by Gasteiger charge is -2.08. The summed E-state index contributed by atoms with van der Waals surface area (Å²) >= 11 is 9.21. The van der Waals surface area contributed by atoms with Crippen LogP contribution in [0.2, 0.25) is 5.02 Å². The largest absolute Gasteiger partial charge is 0.484 e. The van der Waals surface area contributed by atoms with Crippen molar-refractivity contribution < 1.29 is 9.53 Å². The molecule has 0 bridgehead atoms. The molecule has 0 aliphatic heterocycles. The van der Waals surface area contributed by atoms with Crippen LogP contribution in [0.25, 0.3) is 0 Å². The Balaban J connectivity index is 1.89. The van der Waals surface area contributed by atoms with Gasteiger partial charge in [0.25, 0.3) is 5.91 Å². The monoisotopic (exact) mass is 353 g/mol. The molecule has 0 aromatic heterocycles. The topological polar surface area (TPSA) is 38.3 Å². The van der Waals surface area contributed by atoms with Gasteiger partial charge in [-0.1, -0.05) is 45.7 Å². The summed E-state index contributed by atoms with van der Waals surface area (Å²) in [6.45, 7) is -0.0567. The molecule has 0 fully saturated rings. The lowest BCUT2D eigenvalue weighted by Crippen LogP contribution is -2.20. The highest BCUT2D eigenvalue weighted by molar-refractivity contribution is 9.08. The van der Waals surface area contributed by atoms with Gasteiger partial charge in [0.1, 0.15) is 5.75 Å². The minimum absolute atomic E-state index is 0.0567. The summed E-state index contributed by atoms with van der Waals surface area (Å²) in [6, 6.07) is 14.6. The zero-order valence-corrected chi connectivity index (χ0v) is 12.9. The SMILES string of the molecule is O=C(COc1cccc(Cl)c1)Nc1cccc(CBr)c1. The molecule has 5 heteroatoms. The highest BCUT2D eigenvalue weighted by atomic mass is 79.9. The molecule has 0 aliphatic rings. The third kappa shape index (κ3) is 4.54. The van der Waals surface area contributed by atoms with Crippen molar-refractivity contribution in [1.29, 1.82) is 0 Å². The first-order chi connectivity index (χ1) is 9.67. The van der Waals surface area contributed by atoms with E-state index in [1.54, 1.807) is 24.3 Å². The minimum atomic E-state index is -0.211. The van der Waals surface area contributed by atoms with E-state index in [0.29, 0.717) is 10.8 Å². The first kappa shape index (κ1) is 14.9. The summed E-state index contributed by atoms with van der Waals surface area (Å²) < 4.78 is 5.37. The van der Waals surface area contributed by atoms with Crippen LogP contribution in [-0.4, -0.2) is 12.5 Å². The maximum Gasteiger partial charge on any atom is 0.262 e. The number of halogens is 2. The van der Waals surface area contributed by atoms with Crippen molar-refractivity contribution in [2.75, 3.05) is 11.9 Å². The third-order valence-electron chi connectivity index (χ3n) is 2.53. The molecule has 0 radical (unpaired) electrons. The predicted molar refractivity (Wildman–Crippen MR) is 84.6 cm³/mol. The molecule has 0 atom stereocenters. The van der Waals surface area contributed by atoms with Gasteiger partial charge in [0.05, 0.1) is 0 Å². The molecule has 104 valence electrons. The second-order valence-corrected chi connectivity index (χ2v) is 5.13. The van der Waals surface area contributed by atoms with Gasteiger partial charge in [0.15, 0.2) is 6.61 Å². The second kappa shape index (κ2) is 7.31. The average molecular weight is 355 g/mol. The van der Waals surface area contributed by atoms with E-state index in [4.69, 9.17) is 16.3 Å². The van der Waals surface area contributed by atoms with Crippen LogP contribution >= 0.6 is 27.5 Å². The molecule has 2 rings (SSSR count). The lowest BCUT2D eigenvalue weighted by molar-refractivity contribution is -0.118. The number of rotatable bonds is 5. The Morgan fingerprint density at radius 2 is 2.00 bits per heavy atom. The van der Waals surface area contributed by atoms with Crippen molar-refractivity contribution in [2.24, 2.45) is 0 Å². The van der Waals surface area contributed by atoms with Crippen LogP contribution in [0.15, 0.2) is 48.5 Å². The van der Waals surface area contributed by atoms with Gasteiger partial charge in [-0.2, -0.15) is 0 Å². The lowest BCUT2D eigenvalue weighted by atomic mass is 10.2. The Bertz CT molecular complexity index is 604. The van der Waals surface area contributed by atoms with E-state index in [1.165, 1.54) is 0 Å². The van der Waals surface area contributed by atoms with E-state index >= 15 is 0 Å². The average Bonchev–Trinajstić information content (AvgIpc) is 2.45. The summed E-state index contributed by atoms with van der Waals surface area (Å²) in [7, 11) is 0. The first-order valence-corrected chi connectivity index (χ1v) is 7.50. The third-order valence-corrected chi connectivity index (χ3v) is 3.41. The molecule has 0 spiro atoms. The zero-order valence-electron chi connectivity index (χ0n) is 10.6. The summed E-state index contributed by atoms with van der Waals surface area (Å²) in [4.78, 5) is 11.8. The number of nitrogens with one attached hydrogen (secondary N) is 1. The fraction of sp³-hybridized carbons (Fsp3) is 0.133. The summed E-state index contributed by atoms with van der Waals surface area (Å²) in [5.41, 5.74) is 1.85. The van der Waals surface area contributed by atoms with Gasteiger partial charge in [-0.15, -0.1) is 0 Å². The number of hydrogen-bond donors (Lipinski definition) is 1. The maximum absolute atomic E-state index is 11.8. The van der Waals surface area contributed by atoms with Crippen LogP contribution in [0.1, 0.15) is 5.56 Å². The van der Waals surface area contributed by atoms with Crippen molar-refractivity contribution in [3.8, 4) is 5.75 Å².